The molecule has 0 aromatic heterocycles. The lowest BCUT2D eigenvalue weighted by Crippen LogP contribution is -2.18. The highest BCUT2D eigenvalue weighted by molar-refractivity contribution is 6.05. The van der Waals surface area contributed by atoms with Crippen LogP contribution < -0.4 is 20.2 Å². The Hall–Kier alpha value is -5.24. The van der Waals surface area contributed by atoms with Crippen molar-refractivity contribution in [2.24, 2.45) is 5.10 Å². The van der Waals surface area contributed by atoms with E-state index in [2.05, 4.69) is 15.8 Å². The SMILES string of the molecule is COc1cccc(C(=O)Nc2cccc(C(=O)NN=Cc3ccccc3OC(=O)c3ccccc3)c2)c1. The van der Waals surface area contributed by atoms with Crippen molar-refractivity contribution in [1.29, 1.82) is 0 Å². The molecule has 0 saturated heterocycles. The van der Waals surface area contributed by atoms with Gasteiger partial charge >= 0.3 is 5.97 Å². The summed E-state index contributed by atoms with van der Waals surface area (Å²) >= 11 is 0. The third kappa shape index (κ3) is 6.67. The third-order valence-corrected chi connectivity index (χ3v) is 5.22. The molecule has 8 nitrogen and oxygen atoms in total. The zero-order chi connectivity index (χ0) is 26.0. The quantitative estimate of drug-likeness (QED) is 0.157. The van der Waals surface area contributed by atoms with Gasteiger partial charge in [-0.25, -0.2) is 10.2 Å². The van der Waals surface area contributed by atoms with Crippen LogP contribution in [0.4, 0.5) is 5.69 Å². The molecule has 0 atom stereocenters. The van der Waals surface area contributed by atoms with Gasteiger partial charge in [-0.05, 0) is 60.7 Å². The van der Waals surface area contributed by atoms with Crippen LogP contribution in [0.15, 0.2) is 108 Å². The van der Waals surface area contributed by atoms with Crippen LogP contribution in [0, 0.1) is 0 Å². The maximum atomic E-state index is 12.6. The summed E-state index contributed by atoms with van der Waals surface area (Å²) in [7, 11) is 1.53. The van der Waals surface area contributed by atoms with E-state index >= 15 is 0 Å². The number of hydrazone groups is 1. The Morgan fingerprint density at radius 1 is 0.730 bits per heavy atom. The Kier molecular flexibility index (Phi) is 8.03. The molecule has 8 heteroatoms. The highest BCUT2D eigenvalue weighted by Gasteiger charge is 2.12. The molecule has 0 saturated carbocycles. The van der Waals surface area contributed by atoms with Gasteiger partial charge in [0.15, 0.2) is 0 Å². The molecule has 2 amide bonds. The van der Waals surface area contributed by atoms with Crippen LogP contribution in [0.3, 0.4) is 0 Å². The minimum absolute atomic E-state index is 0.296. The number of ether oxygens (including phenoxy) is 2. The number of esters is 1. The van der Waals surface area contributed by atoms with Crippen LogP contribution in [0.5, 0.6) is 11.5 Å². The second-order valence-electron chi connectivity index (χ2n) is 7.76. The van der Waals surface area contributed by atoms with Crippen LogP contribution in [-0.4, -0.2) is 31.1 Å². The van der Waals surface area contributed by atoms with Crippen LogP contribution >= 0.6 is 0 Å². The van der Waals surface area contributed by atoms with E-state index in [9.17, 15) is 14.4 Å². The van der Waals surface area contributed by atoms with Crippen LogP contribution in [0.2, 0.25) is 0 Å². The topological polar surface area (TPSA) is 106 Å². The summed E-state index contributed by atoms with van der Waals surface area (Å²) in [6, 6.07) is 28.7. The molecule has 4 aromatic carbocycles. The van der Waals surface area contributed by atoms with Crippen LogP contribution in [0.25, 0.3) is 0 Å². The number of benzene rings is 4. The van der Waals surface area contributed by atoms with E-state index in [1.165, 1.54) is 13.3 Å². The average molecular weight is 494 g/mol. The number of para-hydroxylation sites is 1. The van der Waals surface area contributed by atoms with Crippen molar-refractivity contribution in [3.05, 3.63) is 125 Å². The number of methoxy groups -OCH3 is 1. The van der Waals surface area contributed by atoms with Crippen molar-refractivity contribution in [3.8, 4) is 11.5 Å². The molecular formula is C29H23N3O5. The smallest absolute Gasteiger partial charge is 0.343 e. The van der Waals surface area contributed by atoms with Crippen molar-refractivity contribution in [1.82, 2.24) is 5.43 Å². The van der Waals surface area contributed by atoms with Gasteiger partial charge in [0.1, 0.15) is 11.5 Å². The number of carbonyl (C=O) groups is 3. The number of hydrogen-bond acceptors (Lipinski definition) is 6. The molecule has 0 unspecified atom stereocenters. The van der Waals surface area contributed by atoms with Crippen LogP contribution in [0.1, 0.15) is 36.6 Å². The fraction of sp³-hybridized carbons (Fsp3) is 0.0345. The van der Waals surface area contributed by atoms with E-state index < -0.39 is 11.9 Å². The van der Waals surface area contributed by atoms with Gasteiger partial charge in [-0.3, -0.25) is 9.59 Å². The second-order valence-corrected chi connectivity index (χ2v) is 7.76. The fourth-order valence-electron chi connectivity index (χ4n) is 3.34. The van der Waals surface area contributed by atoms with Crippen molar-refractivity contribution >= 4 is 29.7 Å². The Labute approximate surface area is 213 Å². The van der Waals surface area contributed by atoms with Crippen molar-refractivity contribution in [2.75, 3.05) is 12.4 Å². The Balaban J connectivity index is 1.40. The van der Waals surface area contributed by atoms with Gasteiger partial charge in [-0.1, -0.05) is 42.5 Å². The zero-order valence-corrected chi connectivity index (χ0v) is 19.9. The summed E-state index contributed by atoms with van der Waals surface area (Å²) in [5, 5.41) is 6.76. The molecule has 0 fully saturated rings. The minimum Gasteiger partial charge on any atom is -0.497 e. The van der Waals surface area contributed by atoms with E-state index in [1.54, 1.807) is 97.1 Å². The standard InChI is InChI=1S/C29H23N3O5/c1-36-25-15-8-13-22(18-25)27(33)31-24-14-7-12-21(17-24)28(34)32-30-19-23-11-5-6-16-26(23)37-29(35)20-9-3-2-4-10-20/h2-19H,1H3,(H,31,33)(H,32,34). The number of rotatable bonds is 8. The lowest BCUT2D eigenvalue weighted by atomic mass is 10.1. The summed E-state index contributed by atoms with van der Waals surface area (Å²) < 4.78 is 10.6. The normalized spacial score (nSPS) is 10.5. The molecule has 0 aliphatic heterocycles. The molecule has 37 heavy (non-hydrogen) atoms. The van der Waals surface area contributed by atoms with E-state index in [1.807, 2.05) is 6.07 Å². The molecule has 0 heterocycles. The Morgan fingerprint density at radius 2 is 1.41 bits per heavy atom. The molecule has 4 rings (SSSR count). The molecule has 0 bridgehead atoms. The number of carbonyl (C=O) groups excluding carboxylic acids is 3. The molecular weight excluding hydrogens is 470 g/mol. The first-order valence-electron chi connectivity index (χ1n) is 11.3. The maximum Gasteiger partial charge on any atom is 0.343 e. The maximum absolute atomic E-state index is 12.6. The van der Waals surface area contributed by atoms with Gasteiger partial charge in [0, 0.05) is 22.4 Å². The molecule has 4 aromatic rings. The lowest BCUT2D eigenvalue weighted by molar-refractivity contribution is 0.0734. The molecule has 0 aliphatic rings. The van der Waals surface area contributed by atoms with Gasteiger partial charge in [-0.2, -0.15) is 5.10 Å². The third-order valence-electron chi connectivity index (χ3n) is 5.22. The summed E-state index contributed by atoms with van der Waals surface area (Å²) in [6.45, 7) is 0. The fourth-order valence-corrected chi connectivity index (χ4v) is 3.34. The number of nitrogens with zero attached hydrogens (tertiary/aromatic N) is 1. The van der Waals surface area contributed by atoms with E-state index in [0.717, 1.165) is 0 Å². The van der Waals surface area contributed by atoms with E-state index in [-0.39, 0.29) is 5.91 Å². The van der Waals surface area contributed by atoms with E-state index in [0.29, 0.717) is 39.4 Å². The van der Waals surface area contributed by atoms with Gasteiger partial charge in [0.25, 0.3) is 11.8 Å². The number of nitrogens with one attached hydrogen (secondary N) is 2. The molecule has 0 radical (unpaired) electrons. The summed E-state index contributed by atoms with van der Waals surface area (Å²) in [5.41, 5.74) is 4.54. The number of hydrogen-bond donors (Lipinski definition) is 2. The first kappa shape index (κ1) is 24.9. The van der Waals surface area contributed by atoms with Crippen molar-refractivity contribution in [2.45, 2.75) is 0 Å². The highest BCUT2D eigenvalue weighted by atomic mass is 16.5. The monoisotopic (exact) mass is 493 g/mol. The molecule has 0 aliphatic carbocycles. The lowest BCUT2D eigenvalue weighted by Gasteiger charge is -2.08. The summed E-state index contributed by atoms with van der Waals surface area (Å²) in [5.74, 6) is -0.450. The predicted molar refractivity (Wildman–Crippen MR) is 140 cm³/mol. The van der Waals surface area contributed by atoms with Gasteiger partial charge in [0.05, 0.1) is 18.9 Å². The zero-order valence-electron chi connectivity index (χ0n) is 19.9. The van der Waals surface area contributed by atoms with Crippen molar-refractivity contribution in [3.63, 3.8) is 0 Å². The molecule has 2 N–H and O–H groups in total. The number of amides is 2. The van der Waals surface area contributed by atoms with Crippen molar-refractivity contribution < 1.29 is 23.9 Å². The second kappa shape index (κ2) is 11.9. The van der Waals surface area contributed by atoms with Gasteiger partial charge in [0.2, 0.25) is 0 Å². The largest absolute Gasteiger partial charge is 0.497 e. The first-order valence-corrected chi connectivity index (χ1v) is 11.3. The summed E-state index contributed by atoms with van der Waals surface area (Å²) in [4.78, 5) is 37.6. The van der Waals surface area contributed by atoms with Gasteiger partial charge in [-0.15, -0.1) is 0 Å². The highest BCUT2D eigenvalue weighted by Crippen LogP contribution is 2.18. The summed E-state index contributed by atoms with van der Waals surface area (Å²) in [6.07, 6.45) is 1.39. The molecule has 0 spiro atoms. The van der Waals surface area contributed by atoms with Gasteiger partial charge < -0.3 is 14.8 Å². The molecule has 184 valence electrons. The first-order chi connectivity index (χ1) is 18.0. The Morgan fingerprint density at radius 3 is 2.19 bits per heavy atom. The minimum atomic E-state index is -0.502. The van der Waals surface area contributed by atoms with E-state index in [4.69, 9.17) is 9.47 Å². The van der Waals surface area contributed by atoms with Crippen LogP contribution in [-0.2, 0) is 0 Å². The number of anilines is 1. The average Bonchev–Trinajstić information content (AvgIpc) is 2.94. The Bertz CT molecular complexity index is 1450. The predicted octanol–water partition coefficient (Wildman–Crippen LogP) is 4.93.